The third kappa shape index (κ3) is 2.38. The van der Waals surface area contributed by atoms with Crippen molar-refractivity contribution in [3.05, 3.63) is 65.0 Å². The zero-order chi connectivity index (χ0) is 12.5. The molecule has 1 aromatic carbocycles. The molecular weight excluding hydrogens is 206 g/mol. The van der Waals surface area contributed by atoms with Crippen LogP contribution in [0.2, 0.25) is 0 Å². The molecule has 0 unspecified atom stereocenters. The molecule has 0 N–H and O–H groups in total. The lowest BCUT2D eigenvalue weighted by molar-refractivity contribution is 0.636. The Kier molecular flexibility index (Phi) is 3.01. The Morgan fingerprint density at radius 3 is 2.12 bits per heavy atom. The number of benzene rings is 1. The molecule has 1 nitrogen and oxygen atoms in total. The summed E-state index contributed by atoms with van der Waals surface area (Å²) in [4.78, 5) is 4.22. The van der Waals surface area contributed by atoms with Crippen molar-refractivity contribution < 1.29 is 0 Å². The number of nitrogens with zero attached hydrogens (tertiary/aromatic N) is 1. The lowest BCUT2D eigenvalue weighted by Gasteiger charge is -2.26. The minimum absolute atomic E-state index is 0.00500. The van der Waals surface area contributed by atoms with Crippen LogP contribution in [0.15, 0.2) is 42.7 Å². The highest BCUT2D eigenvalue weighted by molar-refractivity contribution is 5.40. The van der Waals surface area contributed by atoms with Gasteiger partial charge in [-0.1, -0.05) is 49.2 Å². The van der Waals surface area contributed by atoms with Crippen molar-refractivity contribution in [2.45, 2.75) is 33.1 Å². The van der Waals surface area contributed by atoms with Gasteiger partial charge in [0.1, 0.15) is 0 Å². The zero-order valence-corrected chi connectivity index (χ0v) is 11.0. The molecule has 0 fully saturated rings. The lowest BCUT2D eigenvalue weighted by atomic mass is 9.78. The van der Waals surface area contributed by atoms with Crippen molar-refractivity contribution in [1.82, 2.24) is 4.98 Å². The van der Waals surface area contributed by atoms with E-state index in [1.165, 1.54) is 22.3 Å². The Morgan fingerprint density at radius 2 is 1.59 bits per heavy atom. The molecule has 0 atom stereocenters. The molecule has 2 aromatic rings. The van der Waals surface area contributed by atoms with Crippen molar-refractivity contribution in [2.24, 2.45) is 0 Å². The molecule has 2 rings (SSSR count). The third-order valence-corrected chi connectivity index (χ3v) is 3.33. The second-order valence-corrected chi connectivity index (χ2v) is 5.24. The van der Waals surface area contributed by atoms with Crippen molar-refractivity contribution in [3.8, 4) is 0 Å². The van der Waals surface area contributed by atoms with Gasteiger partial charge in [-0.05, 0) is 31.0 Å². The van der Waals surface area contributed by atoms with Crippen LogP contribution >= 0.6 is 0 Å². The summed E-state index contributed by atoms with van der Waals surface area (Å²) in [5.74, 6) is 0. The second kappa shape index (κ2) is 4.33. The Labute approximate surface area is 104 Å². The molecule has 17 heavy (non-hydrogen) atoms. The van der Waals surface area contributed by atoms with Crippen LogP contribution in [0.5, 0.6) is 0 Å². The molecule has 88 valence electrons. The molecular formula is C16H19N. The molecule has 0 amide bonds. The molecule has 0 saturated carbocycles. The molecule has 1 aromatic heterocycles. The Morgan fingerprint density at radius 1 is 0.941 bits per heavy atom. The van der Waals surface area contributed by atoms with E-state index in [1.807, 2.05) is 18.5 Å². The van der Waals surface area contributed by atoms with E-state index < -0.39 is 0 Å². The fourth-order valence-corrected chi connectivity index (χ4v) is 2.23. The van der Waals surface area contributed by atoms with Gasteiger partial charge in [-0.25, -0.2) is 0 Å². The highest BCUT2D eigenvalue weighted by Gasteiger charge is 2.23. The minimum Gasteiger partial charge on any atom is -0.264 e. The van der Waals surface area contributed by atoms with Crippen LogP contribution in [0.4, 0.5) is 0 Å². The average Bonchev–Trinajstić information content (AvgIpc) is 2.29. The van der Waals surface area contributed by atoms with E-state index in [9.17, 15) is 0 Å². The topological polar surface area (TPSA) is 12.9 Å². The fraction of sp³-hybridized carbons (Fsp3) is 0.312. The summed E-state index contributed by atoms with van der Waals surface area (Å²) < 4.78 is 0. The maximum atomic E-state index is 4.22. The SMILES string of the molecule is Cc1cc(C)cc(C(C)(C)c2cccnc2)c1. The smallest absolute Gasteiger partial charge is 0.0308 e. The minimum atomic E-state index is 0.00500. The van der Waals surface area contributed by atoms with Gasteiger partial charge in [0.2, 0.25) is 0 Å². The standard InChI is InChI=1S/C16H19N/c1-12-8-13(2)10-15(9-12)16(3,4)14-6-5-7-17-11-14/h5-11H,1-4H3. The first-order valence-electron chi connectivity index (χ1n) is 5.99. The Bertz CT molecular complexity index is 492. The van der Waals surface area contributed by atoms with Crippen LogP contribution in [-0.2, 0) is 5.41 Å². The maximum absolute atomic E-state index is 4.22. The van der Waals surface area contributed by atoms with E-state index in [0.29, 0.717) is 0 Å². The van der Waals surface area contributed by atoms with Gasteiger partial charge in [-0.2, -0.15) is 0 Å². The summed E-state index contributed by atoms with van der Waals surface area (Å²) in [5.41, 5.74) is 5.24. The van der Waals surface area contributed by atoms with E-state index in [4.69, 9.17) is 0 Å². The van der Waals surface area contributed by atoms with Crippen molar-refractivity contribution >= 4 is 0 Å². The van der Waals surface area contributed by atoms with Gasteiger partial charge in [0.15, 0.2) is 0 Å². The first-order chi connectivity index (χ1) is 8.00. The number of aryl methyl sites for hydroxylation is 2. The summed E-state index contributed by atoms with van der Waals surface area (Å²) >= 11 is 0. The van der Waals surface area contributed by atoms with Crippen molar-refractivity contribution in [2.75, 3.05) is 0 Å². The number of hydrogen-bond acceptors (Lipinski definition) is 1. The van der Waals surface area contributed by atoms with Crippen LogP contribution in [0.1, 0.15) is 36.1 Å². The summed E-state index contributed by atoms with van der Waals surface area (Å²) in [5, 5.41) is 0. The molecule has 0 spiro atoms. The first-order valence-corrected chi connectivity index (χ1v) is 5.99. The van der Waals surface area contributed by atoms with Crippen molar-refractivity contribution in [3.63, 3.8) is 0 Å². The number of aromatic nitrogens is 1. The van der Waals surface area contributed by atoms with Gasteiger partial charge in [0.25, 0.3) is 0 Å². The summed E-state index contributed by atoms with van der Waals surface area (Å²) in [6.45, 7) is 8.79. The molecule has 0 aliphatic rings. The summed E-state index contributed by atoms with van der Waals surface area (Å²) in [7, 11) is 0. The maximum Gasteiger partial charge on any atom is 0.0308 e. The average molecular weight is 225 g/mol. The van der Waals surface area contributed by atoms with Crippen LogP contribution in [-0.4, -0.2) is 4.98 Å². The largest absolute Gasteiger partial charge is 0.264 e. The predicted octanol–water partition coefficient (Wildman–Crippen LogP) is 4.02. The predicted molar refractivity (Wildman–Crippen MR) is 72.3 cm³/mol. The van der Waals surface area contributed by atoms with Crippen LogP contribution in [0.25, 0.3) is 0 Å². The highest BCUT2D eigenvalue weighted by atomic mass is 14.6. The zero-order valence-electron chi connectivity index (χ0n) is 11.0. The Hall–Kier alpha value is -1.63. The summed E-state index contributed by atoms with van der Waals surface area (Å²) in [6, 6.07) is 10.9. The molecule has 0 saturated heterocycles. The first kappa shape index (κ1) is 11.8. The van der Waals surface area contributed by atoms with Gasteiger partial charge >= 0.3 is 0 Å². The van der Waals surface area contributed by atoms with Gasteiger partial charge < -0.3 is 0 Å². The van der Waals surface area contributed by atoms with Crippen LogP contribution in [0, 0.1) is 13.8 Å². The summed E-state index contributed by atoms with van der Waals surface area (Å²) in [6.07, 6.45) is 3.78. The van der Waals surface area contributed by atoms with Crippen LogP contribution < -0.4 is 0 Å². The van der Waals surface area contributed by atoms with Gasteiger partial charge in [0.05, 0.1) is 0 Å². The van der Waals surface area contributed by atoms with E-state index in [0.717, 1.165) is 0 Å². The normalized spacial score (nSPS) is 11.5. The molecule has 0 radical (unpaired) electrons. The Balaban J connectivity index is 2.51. The lowest BCUT2D eigenvalue weighted by Crippen LogP contribution is -2.19. The van der Waals surface area contributed by atoms with E-state index in [-0.39, 0.29) is 5.41 Å². The second-order valence-electron chi connectivity index (χ2n) is 5.24. The van der Waals surface area contributed by atoms with Gasteiger partial charge in [-0.3, -0.25) is 4.98 Å². The third-order valence-electron chi connectivity index (χ3n) is 3.33. The van der Waals surface area contributed by atoms with Gasteiger partial charge in [0, 0.05) is 17.8 Å². The molecule has 0 bridgehead atoms. The highest BCUT2D eigenvalue weighted by Crippen LogP contribution is 2.31. The van der Waals surface area contributed by atoms with E-state index in [2.05, 4.69) is 56.9 Å². The number of rotatable bonds is 2. The van der Waals surface area contributed by atoms with E-state index in [1.54, 1.807) is 0 Å². The molecule has 1 heterocycles. The quantitative estimate of drug-likeness (QED) is 0.752. The monoisotopic (exact) mass is 225 g/mol. The van der Waals surface area contributed by atoms with Gasteiger partial charge in [-0.15, -0.1) is 0 Å². The molecule has 0 aliphatic heterocycles. The number of hydrogen-bond donors (Lipinski definition) is 0. The van der Waals surface area contributed by atoms with E-state index >= 15 is 0 Å². The molecule has 0 aliphatic carbocycles. The fourth-order valence-electron chi connectivity index (χ4n) is 2.23. The number of pyridine rings is 1. The molecule has 1 heteroatoms. The van der Waals surface area contributed by atoms with Crippen LogP contribution in [0.3, 0.4) is 0 Å². The van der Waals surface area contributed by atoms with Crippen molar-refractivity contribution in [1.29, 1.82) is 0 Å².